The zero-order valence-electron chi connectivity index (χ0n) is 8.16. The number of rotatable bonds is 4. The quantitative estimate of drug-likeness (QED) is 0.781. The maximum atomic E-state index is 6.11. The number of nitrogens with two attached hydrogens (primary N) is 1. The van der Waals surface area contributed by atoms with E-state index in [1.54, 1.807) is 11.3 Å². The van der Waals surface area contributed by atoms with Crippen molar-refractivity contribution in [3.8, 4) is 0 Å². The summed E-state index contributed by atoms with van der Waals surface area (Å²) in [6.45, 7) is 3.23. The Morgan fingerprint density at radius 3 is 3.21 bits per heavy atom. The Morgan fingerprint density at radius 2 is 2.57 bits per heavy atom. The second-order valence-corrected chi connectivity index (χ2v) is 4.68. The van der Waals surface area contributed by atoms with Crippen LogP contribution in [0, 0.1) is 0 Å². The first-order valence-electron chi connectivity index (χ1n) is 4.87. The van der Waals surface area contributed by atoms with Gasteiger partial charge in [-0.25, -0.2) is 0 Å². The second-order valence-electron chi connectivity index (χ2n) is 3.90. The van der Waals surface area contributed by atoms with Crippen molar-refractivity contribution >= 4 is 11.3 Å². The van der Waals surface area contributed by atoms with Gasteiger partial charge in [-0.05, 0) is 28.8 Å². The Labute approximate surface area is 88.3 Å². The summed E-state index contributed by atoms with van der Waals surface area (Å²) < 4.78 is 5.28. The van der Waals surface area contributed by atoms with Gasteiger partial charge in [0.15, 0.2) is 0 Å². The predicted octanol–water partition coefficient (Wildman–Crippen LogP) is 0.955. The van der Waals surface area contributed by atoms with Crippen LogP contribution in [0.25, 0.3) is 0 Å². The summed E-state index contributed by atoms with van der Waals surface area (Å²) in [6.07, 6.45) is 0.962. The van der Waals surface area contributed by atoms with Gasteiger partial charge in [0.05, 0.1) is 12.1 Å². The monoisotopic (exact) mass is 212 g/mol. The van der Waals surface area contributed by atoms with Crippen LogP contribution in [0.3, 0.4) is 0 Å². The van der Waals surface area contributed by atoms with Gasteiger partial charge in [-0.2, -0.15) is 11.3 Å². The minimum atomic E-state index is -0.143. The van der Waals surface area contributed by atoms with Gasteiger partial charge in [0, 0.05) is 19.7 Å². The molecule has 0 bridgehead atoms. The van der Waals surface area contributed by atoms with Crippen LogP contribution in [0.5, 0.6) is 0 Å². The molecular weight excluding hydrogens is 196 g/mol. The third-order valence-electron chi connectivity index (χ3n) is 2.52. The fourth-order valence-corrected chi connectivity index (χ4v) is 2.28. The summed E-state index contributed by atoms with van der Waals surface area (Å²) in [6, 6.07) is 2.13. The smallest absolute Gasteiger partial charge is 0.0659 e. The van der Waals surface area contributed by atoms with E-state index in [1.165, 1.54) is 5.56 Å². The molecule has 1 unspecified atom stereocenters. The molecule has 78 valence electrons. The van der Waals surface area contributed by atoms with Gasteiger partial charge < -0.3 is 15.8 Å². The second kappa shape index (κ2) is 4.40. The van der Waals surface area contributed by atoms with Gasteiger partial charge in [0.25, 0.3) is 0 Å². The summed E-state index contributed by atoms with van der Waals surface area (Å²) in [5, 5.41) is 7.62. The molecule has 1 aromatic heterocycles. The van der Waals surface area contributed by atoms with E-state index in [-0.39, 0.29) is 5.54 Å². The molecule has 3 nitrogen and oxygen atoms in total. The van der Waals surface area contributed by atoms with Gasteiger partial charge in [-0.3, -0.25) is 0 Å². The minimum absolute atomic E-state index is 0.143. The highest BCUT2D eigenvalue weighted by molar-refractivity contribution is 7.07. The molecule has 1 atom stereocenters. The maximum absolute atomic E-state index is 6.11. The summed E-state index contributed by atoms with van der Waals surface area (Å²) in [5.74, 6) is 0. The first-order chi connectivity index (χ1) is 6.79. The van der Waals surface area contributed by atoms with Crippen LogP contribution in [-0.4, -0.2) is 25.3 Å². The molecular formula is C10H16N2OS. The number of hydrogen-bond donors (Lipinski definition) is 2. The van der Waals surface area contributed by atoms with E-state index >= 15 is 0 Å². The molecule has 2 rings (SSSR count). The maximum Gasteiger partial charge on any atom is 0.0659 e. The summed E-state index contributed by atoms with van der Waals surface area (Å²) in [4.78, 5) is 0. The fraction of sp³-hybridized carbons (Fsp3) is 0.600. The highest BCUT2D eigenvalue weighted by Crippen LogP contribution is 2.14. The molecule has 0 amide bonds. The summed E-state index contributed by atoms with van der Waals surface area (Å²) >= 11 is 1.73. The number of ether oxygens (including phenoxy) is 1. The van der Waals surface area contributed by atoms with Crippen LogP contribution in [0.2, 0.25) is 0 Å². The molecule has 0 aromatic carbocycles. The molecule has 1 aromatic rings. The average Bonchev–Trinajstić information content (AvgIpc) is 2.77. The van der Waals surface area contributed by atoms with Crippen molar-refractivity contribution in [3.63, 3.8) is 0 Å². The lowest BCUT2D eigenvalue weighted by molar-refractivity contribution is 0.177. The van der Waals surface area contributed by atoms with Crippen LogP contribution in [0.4, 0.5) is 0 Å². The zero-order valence-corrected chi connectivity index (χ0v) is 8.98. The fourth-order valence-electron chi connectivity index (χ4n) is 1.61. The minimum Gasteiger partial charge on any atom is -0.379 e. The summed E-state index contributed by atoms with van der Waals surface area (Å²) in [5.41, 5.74) is 7.30. The first kappa shape index (κ1) is 10.1. The topological polar surface area (TPSA) is 47.3 Å². The normalized spacial score (nSPS) is 26.9. The molecule has 1 saturated heterocycles. The van der Waals surface area contributed by atoms with E-state index in [1.807, 2.05) is 0 Å². The van der Waals surface area contributed by atoms with Gasteiger partial charge >= 0.3 is 0 Å². The molecule has 0 spiro atoms. The Kier molecular flexibility index (Phi) is 3.18. The molecule has 1 fully saturated rings. The Balaban J connectivity index is 1.72. The van der Waals surface area contributed by atoms with Crippen molar-refractivity contribution < 1.29 is 4.74 Å². The van der Waals surface area contributed by atoms with Gasteiger partial charge in [0.2, 0.25) is 0 Å². The number of hydrogen-bond acceptors (Lipinski definition) is 4. The van der Waals surface area contributed by atoms with Crippen molar-refractivity contribution in [2.24, 2.45) is 5.73 Å². The molecule has 0 radical (unpaired) electrons. The Morgan fingerprint density at radius 1 is 1.64 bits per heavy atom. The van der Waals surface area contributed by atoms with Crippen molar-refractivity contribution in [1.29, 1.82) is 0 Å². The Bertz CT molecular complexity index is 268. The molecule has 0 saturated carbocycles. The third kappa shape index (κ3) is 2.54. The van der Waals surface area contributed by atoms with E-state index in [2.05, 4.69) is 22.1 Å². The highest BCUT2D eigenvalue weighted by Gasteiger charge is 2.29. The zero-order chi connectivity index (χ0) is 9.86. The lowest BCUT2D eigenvalue weighted by Crippen LogP contribution is -2.49. The van der Waals surface area contributed by atoms with Crippen LogP contribution in [0.15, 0.2) is 16.8 Å². The standard InChI is InChI=1S/C10H16N2OS/c11-10(2-3-13-8-10)7-12-5-9-1-4-14-6-9/h1,4,6,12H,2-3,5,7-8,11H2. The number of nitrogens with one attached hydrogen (secondary N) is 1. The van der Waals surface area contributed by atoms with Gasteiger partial charge in [0.1, 0.15) is 0 Å². The van der Waals surface area contributed by atoms with E-state index in [0.717, 1.165) is 26.1 Å². The predicted molar refractivity (Wildman–Crippen MR) is 58.4 cm³/mol. The molecule has 14 heavy (non-hydrogen) atoms. The third-order valence-corrected chi connectivity index (χ3v) is 3.25. The van der Waals surface area contributed by atoms with Crippen LogP contribution < -0.4 is 11.1 Å². The van der Waals surface area contributed by atoms with E-state index in [0.29, 0.717) is 6.61 Å². The van der Waals surface area contributed by atoms with Crippen molar-refractivity contribution in [2.45, 2.75) is 18.5 Å². The summed E-state index contributed by atoms with van der Waals surface area (Å²) in [7, 11) is 0. The highest BCUT2D eigenvalue weighted by atomic mass is 32.1. The SMILES string of the molecule is NC1(CNCc2ccsc2)CCOC1. The molecule has 3 N–H and O–H groups in total. The molecule has 0 aliphatic carbocycles. The van der Waals surface area contributed by atoms with Crippen LogP contribution >= 0.6 is 11.3 Å². The van der Waals surface area contributed by atoms with Crippen LogP contribution in [0.1, 0.15) is 12.0 Å². The molecule has 4 heteroatoms. The van der Waals surface area contributed by atoms with E-state index in [4.69, 9.17) is 10.5 Å². The molecule has 1 aliphatic heterocycles. The number of thiophene rings is 1. The van der Waals surface area contributed by atoms with Crippen molar-refractivity contribution in [2.75, 3.05) is 19.8 Å². The van der Waals surface area contributed by atoms with E-state index in [9.17, 15) is 0 Å². The molecule has 1 aliphatic rings. The Hall–Kier alpha value is -0.420. The largest absolute Gasteiger partial charge is 0.379 e. The van der Waals surface area contributed by atoms with Gasteiger partial charge in [-0.15, -0.1) is 0 Å². The van der Waals surface area contributed by atoms with Crippen molar-refractivity contribution in [1.82, 2.24) is 5.32 Å². The first-order valence-corrected chi connectivity index (χ1v) is 5.81. The van der Waals surface area contributed by atoms with Gasteiger partial charge in [-0.1, -0.05) is 0 Å². The van der Waals surface area contributed by atoms with E-state index < -0.39 is 0 Å². The lowest BCUT2D eigenvalue weighted by Gasteiger charge is -2.21. The average molecular weight is 212 g/mol. The van der Waals surface area contributed by atoms with Crippen molar-refractivity contribution in [3.05, 3.63) is 22.4 Å². The molecule has 2 heterocycles. The van der Waals surface area contributed by atoms with Crippen LogP contribution in [-0.2, 0) is 11.3 Å². The lowest BCUT2D eigenvalue weighted by atomic mass is 10.0.